The highest BCUT2D eigenvalue weighted by Crippen LogP contribution is 2.19. The number of carbonyl (C=O) groups excluding carboxylic acids is 1. The van der Waals surface area contributed by atoms with Gasteiger partial charge in [-0.3, -0.25) is 4.79 Å². The number of halogens is 1. The SMILES string of the molecule is CC(C)C(CN(C)C)Nc1ncnc(Cl)c1C=O. The number of aromatic nitrogens is 2. The maximum atomic E-state index is 11.0. The smallest absolute Gasteiger partial charge is 0.156 e. The Balaban J connectivity index is 2.93. The molecule has 100 valence electrons. The molecule has 1 rings (SSSR count). The molecule has 1 atom stereocenters. The number of rotatable bonds is 6. The molecule has 1 unspecified atom stereocenters. The van der Waals surface area contributed by atoms with Crippen molar-refractivity contribution in [2.75, 3.05) is 26.0 Å². The number of aldehydes is 1. The van der Waals surface area contributed by atoms with Gasteiger partial charge in [0.25, 0.3) is 0 Å². The molecule has 0 aromatic carbocycles. The van der Waals surface area contributed by atoms with Crippen molar-refractivity contribution >= 4 is 23.7 Å². The molecule has 0 aliphatic carbocycles. The summed E-state index contributed by atoms with van der Waals surface area (Å²) in [7, 11) is 4.01. The van der Waals surface area contributed by atoms with Crippen LogP contribution in [0.3, 0.4) is 0 Å². The number of nitrogens with zero attached hydrogens (tertiary/aromatic N) is 3. The number of carbonyl (C=O) groups is 1. The first-order valence-corrected chi connectivity index (χ1v) is 6.20. The minimum Gasteiger partial charge on any atom is -0.365 e. The van der Waals surface area contributed by atoms with Crippen molar-refractivity contribution in [1.82, 2.24) is 14.9 Å². The van der Waals surface area contributed by atoms with E-state index in [1.165, 1.54) is 6.33 Å². The minimum atomic E-state index is 0.176. The third kappa shape index (κ3) is 3.92. The van der Waals surface area contributed by atoms with Crippen molar-refractivity contribution in [1.29, 1.82) is 0 Å². The summed E-state index contributed by atoms with van der Waals surface area (Å²) in [4.78, 5) is 21.0. The Morgan fingerprint density at radius 3 is 2.61 bits per heavy atom. The summed E-state index contributed by atoms with van der Waals surface area (Å²) in [6, 6.07) is 0.185. The number of nitrogens with one attached hydrogen (secondary N) is 1. The largest absolute Gasteiger partial charge is 0.365 e. The van der Waals surface area contributed by atoms with E-state index >= 15 is 0 Å². The molecule has 0 aliphatic rings. The fraction of sp³-hybridized carbons (Fsp3) is 0.583. The lowest BCUT2D eigenvalue weighted by molar-refractivity contribution is 0.112. The van der Waals surface area contributed by atoms with E-state index in [-0.39, 0.29) is 11.2 Å². The Kier molecular flexibility index (Phi) is 5.50. The van der Waals surface area contributed by atoms with E-state index in [0.717, 1.165) is 6.54 Å². The van der Waals surface area contributed by atoms with Gasteiger partial charge in [0.15, 0.2) is 6.29 Å². The van der Waals surface area contributed by atoms with Gasteiger partial charge >= 0.3 is 0 Å². The molecular formula is C12H19ClN4O. The van der Waals surface area contributed by atoms with Crippen LogP contribution in [0.5, 0.6) is 0 Å². The monoisotopic (exact) mass is 270 g/mol. The van der Waals surface area contributed by atoms with Gasteiger partial charge in [-0.15, -0.1) is 0 Å². The standard InChI is InChI=1S/C12H19ClN4O/c1-8(2)10(5-17(3)4)16-12-9(6-18)11(13)14-7-15-12/h6-8,10H,5H2,1-4H3,(H,14,15,16). The highest BCUT2D eigenvalue weighted by Gasteiger charge is 2.17. The minimum absolute atomic E-state index is 0.176. The first kappa shape index (κ1) is 14.9. The highest BCUT2D eigenvalue weighted by atomic mass is 35.5. The van der Waals surface area contributed by atoms with Crippen molar-refractivity contribution in [2.24, 2.45) is 5.92 Å². The molecule has 0 bridgehead atoms. The highest BCUT2D eigenvalue weighted by molar-refractivity contribution is 6.32. The summed E-state index contributed by atoms with van der Waals surface area (Å²) in [5.41, 5.74) is 0.309. The summed E-state index contributed by atoms with van der Waals surface area (Å²) >= 11 is 5.87. The third-order valence-electron chi connectivity index (χ3n) is 2.64. The Morgan fingerprint density at radius 1 is 1.44 bits per heavy atom. The van der Waals surface area contributed by atoms with Gasteiger partial charge < -0.3 is 10.2 Å². The zero-order chi connectivity index (χ0) is 13.7. The number of hydrogen-bond acceptors (Lipinski definition) is 5. The van der Waals surface area contributed by atoms with Gasteiger partial charge in [-0.1, -0.05) is 25.4 Å². The zero-order valence-electron chi connectivity index (χ0n) is 11.1. The second kappa shape index (κ2) is 6.66. The van der Waals surface area contributed by atoms with Crippen molar-refractivity contribution in [3.63, 3.8) is 0 Å². The van der Waals surface area contributed by atoms with Crippen LogP contribution in [0.4, 0.5) is 5.82 Å². The molecule has 1 heterocycles. The second-order valence-corrected chi connectivity index (χ2v) is 5.16. The molecule has 0 fully saturated rings. The lowest BCUT2D eigenvalue weighted by Crippen LogP contribution is -2.37. The van der Waals surface area contributed by atoms with Crippen LogP contribution in [0.2, 0.25) is 5.15 Å². The first-order chi connectivity index (χ1) is 8.45. The van der Waals surface area contributed by atoms with E-state index < -0.39 is 0 Å². The van der Waals surface area contributed by atoms with Crippen molar-refractivity contribution in [2.45, 2.75) is 19.9 Å². The quantitative estimate of drug-likeness (QED) is 0.632. The predicted octanol–water partition coefficient (Wildman–Crippen LogP) is 1.94. The molecule has 0 aliphatic heterocycles. The molecule has 6 heteroatoms. The average Bonchev–Trinajstić information content (AvgIpc) is 2.27. The molecule has 0 amide bonds. The van der Waals surface area contributed by atoms with Crippen LogP contribution in [0.25, 0.3) is 0 Å². The Labute approximate surface area is 113 Å². The maximum Gasteiger partial charge on any atom is 0.156 e. The molecular weight excluding hydrogens is 252 g/mol. The Morgan fingerprint density at radius 2 is 2.11 bits per heavy atom. The summed E-state index contributed by atoms with van der Waals surface area (Å²) in [6.07, 6.45) is 2.03. The van der Waals surface area contributed by atoms with Gasteiger partial charge in [-0.05, 0) is 20.0 Å². The van der Waals surface area contributed by atoms with Gasteiger partial charge in [0.05, 0.1) is 5.56 Å². The number of likely N-dealkylation sites (N-methyl/N-ethyl adjacent to an activating group) is 1. The average molecular weight is 271 g/mol. The van der Waals surface area contributed by atoms with E-state index in [4.69, 9.17) is 11.6 Å². The van der Waals surface area contributed by atoms with Gasteiger partial charge in [0.1, 0.15) is 17.3 Å². The van der Waals surface area contributed by atoms with E-state index in [1.807, 2.05) is 14.1 Å². The molecule has 0 saturated heterocycles. The van der Waals surface area contributed by atoms with Crippen LogP contribution in [0.1, 0.15) is 24.2 Å². The van der Waals surface area contributed by atoms with Gasteiger partial charge in [-0.2, -0.15) is 0 Å². The van der Waals surface area contributed by atoms with Crippen molar-refractivity contribution < 1.29 is 4.79 Å². The van der Waals surface area contributed by atoms with Gasteiger partial charge in [0, 0.05) is 12.6 Å². The van der Waals surface area contributed by atoms with Crippen LogP contribution in [-0.2, 0) is 0 Å². The maximum absolute atomic E-state index is 11.0. The van der Waals surface area contributed by atoms with Crippen molar-refractivity contribution in [3.8, 4) is 0 Å². The molecule has 18 heavy (non-hydrogen) atoms. The fourth-order valence-electron chi connectivity index (χ4n) is 1.59. The molecule has 1 N–H and O–H groups in total. The molecule has 1 aromatic heterocycles. The molecule has 0 saturated carbocycles. The Hall–Kier alpha value is -1.20. The van der Waals surface area contributed by atoms with E-state index in [1.54, 1.807) is 0 Å². The van der Waals surface area contributed by atoms with Crippen molar-refractivity contribution in [3.05, 3.63) is 17.0 Å². The third-order valence-corrected chi connectivity index (χ3v) is 2.94. The molecule has 5 nitrogen and oxygen atoms in total. The Bertz CT molecular complexity index is 409. The van der Waals surface area contributed by atoms with Crippen LogP contribution in [-0.4, -0.2) is 47.8 Å². The number of hydrogen-bond donors (Lipinski definition) is 1. The first-order valence-electron chi connectivity index (χ1n) is 5.82. The summed E-state index contributed by atoms with van der Waals surface area (Å²) in [5.74, 6) is 0.895. The zero-order valence-corrected chi connectivity index (χ0v) is 11.9. The predicted molar refractivity (Wildman–Crippen MR) is 73.2 cm³/mol. The lowest BCUT2D eigenvalue weighted by atomic mass is 10.0. The topological polar surface area (TPSA) is 58.1 Å². The van der Waals surface area contributed by atoms with Gasteiger partial charge in [-0.25, -0.2) is 9.97 Å². The summed E-state index contributed by atoms with van der Waals surface area (Å²) in [5, 5.41) is 3.44. The molecule has 1 aromatic rings. The molecule has 0 radical (unpaired) electrons. The second-order valence-electron chi connectivity index (χ2n) is 4.80. The van der Waals surface area contributed by atoms with E-state index in [9.17, 15) is 4.79 Å². The van der Waals surface area contributed by atoms with E-state index in [2.05, 4.69) is 34.0 Å². The van der Waals surface area contributed by atoms with Gasteiger partial charge in [0.2, 0.25) is 0 Å². The van der Waals surface area contributed by atoms with Crippen LogP contribution < -0.4 is 5.32 Å². The summed E-state index contributed by atoms with van der Waals surface area (Å²) < 4.78 is 0. The van der Waals surface area contributed by atoms with E-state index in [0.29, 0.717) is 23.6 Å². The van der Waals surface area contributed by atoms with Crippen LogP contribution in [0, 0.1) is 5.92 Å². The fourth-order valence-corrected chi connectivity index (χ4v) is 1.76. The normalized spacial score (nSPS) is 12.8. The summed E-state index contributed by atoms with van der Waals surface area (Å²) in [6.45, 7) is 5.08. The van der Waals surface area contributed by atoms with Crippen LogP contribution >= 0.6 is 11.6 Å². The van der Waals surface area contributed by atoms with Crippen LogP contribution in [0.15, 0.2) is 6.33 Å². The lowest BCUT2D eigenvalue weighted by Gasteiger charge is -2.26. The number of anilines is 1. The molecule has 0 spiro atoms.